The van der Waals surface area contributed by atoms with Crippen LogP contribution >= 0.6 is 0 Å². The van der Waals surface area contributed by atoms with Crippen LogP contribution in [0, 0.1) is 0 Å². The molecule has 1 aromatic rings. The summed E-state index contributed by atoms with van der Waals surface area (Å²) in [5, 5.41) is 3.23. The number of carbonyl (C=O) groups excluding carboxylic acids is 1. The van der Waals surface area contributed by atoms with Crippen LogP contribution < -0.4 is 5.32 Å². The van der Waals surface area contributed by atoms with Gasteiger partial charge in [-0.3, -0.25) is 4.79 Å². The molecule has 0 aliphatic carbocycles. The van der Waals surface area contributed by atoms with Gasteiger partial charge in [0.25, 0.3) is 0 Å². The fraction of sp³-hybridized carbons (Fsp3) is 0.562. The maximum atomic E-state index is 12.4. The minimum Gasteiger partial charge on any atom is -0.373 e. The van der Waals surface area contributed by atoms with Crippen LogP contribution in [-0.2, 0) is 16.0 Å². The monoisotopic (exact) mass is 261 g/mol. The van der Waals surface area contributed by atoms with Gasteiger partial charge in [0.2, 0.25) is 0 Å². The van der Waals surface area contributed by atoms with Crippen molar-refractivity contribution in [2.75, 3.05) is 13.2 Å². The molecular weight excluding hydrogens is 238 g/mol. The van der Waals surface area contributed by atoms with E-state index in [1.807, 2.05) is 32.9 Å². The van der Waals surface area contributed by atoms with Gasteiger partial charge in [0, 0.05) is 6.42 Å². The van der Waals surface area contributed by atoms with Crippen molar-refractivity contribution in [1.29, 1.82) is 0 Å². The summed E-state index contributed by atoms with van der Waals surface area (Å²) in [7, 11) is 0. The average molecular weight is 261 g/mol. The summed E-state index contributed by atoms with van der Waals surface area (Å²) in [5.41, 5.74) is 2.01. The van der Waals surface area contributed by atoms with Crippen LogP contribution in [0.4, 0.5) is 0 Å². The third kappa shape index (κ3) is 3.23. The number of hydrogen-bond acceptors (Lipinski definition) is 3. The van der Waals surface area contributed by atoms with E-state index in [4.69, 9.17) is 4.74 Å². The molecule has 1 atom stereocenters. The molecule has 0 aromatic heterocycles. The summed E-state index contributed by atoms with van der Waals surface area (Å²) in [4.78, 5) is 12.4. The highest BCUT2D eigenvalue weighted by atomic mass is 16.5. The lowest BCUT2D eigenvalue weighted by molar-refractivity contribution is -0.127. The minimum atomic E-state index is -0.482. The molecule has 1 aliphatic heterocycles. The molecule has 0 amide bonds. The molecule has 0 spiro atoms. The van der Waals surface area contributed by atoms with Crippen LogP contribution in [0.15, 0.2) is 24.3 Å². The second kappa shape index (κ2) is 5.85. The second-order valence-electron chi connectivity index (χ2n) is 5.59. The Morgan fingerprint density at radius 3 is 2.89 bits per heavy atom. The van der Waals surface area contributed by atoms with Crippen molar-refractivity contribution in [1.82, 2.24) is 5.32 Å². The van der Waals surface area contributed by atoms with E-state index in [1.54, 1.807) is 0 Å². The first-order chi connectivity index (χ1) is 9.04. The zero-order valence-electron chi connectivity index (χ0n) is 12.0. The molecule has 0 saturated heterocycles. The van der Waals surface area contributed by atoms with Crippen molar-refractivity contribution in [2.45, 2.75) is 45.3 Å². The highest BCUT2D eigenvalue weighted by Crippen LogP contribution is 2.30. The maximum absolute atomic E-state index is 12.4. The Morgan fingerprint density at radius 1 is 1.42 bits per heavy atom. The van der Waals surface area contributed by atoms with Gasteiger partial charge in [0.1, 0.15) is 0 Å². The van der Waals surface area contributed by atoms with Gasteiger partial charge in [-0.1, -0.05) is 31.2 Å². The Labute approximate surface area is 115 Å². The van der Waals surface area contributed by atoms with Crippen LogP contribution in [-0.4, -0.2) is 24.5 Å². The minimum absolute atomic E-state index is 0.0876. The van der Waals surface area contributed by atoms with Crippen molar-refractivity contribution in [2.24, 2.45) is 0 Å². The van der Waals surface area contributed by atoms with Gasteiger partial charge in [-0.2, -0.15) is 0 Å². The fourth-order valence-corrected chi connectivity index (χ4v) is 2.61. The van der Waals surface area contributed by atoms with Gasteiger partial charge >= 0.3 is 0 Å². The summed E-state index contributed by atoms with van der Waals surface area (Å²) in [6.45, 7) is 7.39. The standard InChI is InChI=1S/C16H23NO2/c1-4-17-16(2,3)15(18)11-14-13-8-6-5-7-12(13)9-10-19-14/h5-8,14,17H,4,9-11H2,1-3H3. The van der Waals surface area contributed by atoms with Crippen molar-refractivity contribution < 1.29 is 9.53 Å². The smallest absolute Gasteiger partial charge is 0.155 e. The topological polar surface area (TPSA) is 38.3 Å². The first-order valence-corrected chi connectivity index (χ1v) is 7.02. The van der Waals surface area contributed by atoms with Gasteiger partial charge in [0.05, 0.1) is 18.2 Å². The molecule has 1 heterocycles. The predicted molar refractivity (Wildman–Crippen MR) is 76.2 cm³/mol. The van der Waals surface area contributed by atoms with E-state index in [2.05, 4.69) is 17.4 Å². The normalized spacial score (nSPS) is 19.0. The number of Topliss-reactive ketones (excluding diaryl/α,β-unsaturated/α-hetero) is 1. The molecule has 0 bridgehead atoms. The molecule has 0 fully saturated rings. The Bertz CT molecular complexity index is 454. The van der Waals surface area contributed by atoms with Crippen molar-refractivity contribution in [3.63, 3.8) is 0 Å². The van der Waals surface area contributed by atoms with Crippen molar-refractivity contribution in [3.05, 3.63) is 35.4 Å². The zero-order chi connectivity index (χ0) is 13.9. The lowest BCUT2D eigenvalue weighted by Crippen LogP contribution is -2.47. The number of hydrogen-bond donors (Lipinski definition) is 1. The summed E-state index contributed by atoms with van der Waals surface area (Å²) < 4.78 is 5.80. The molecule has 3 heteroatoms. The van der Waals surface area contributed by atoms with E-state index >= 15 is 0 Å². The Morgan fingerprint density at radius 2 is 2.16 bits per heavy atom. The third-order valence-electron chi connectivity index (χ3n) is 3.78. The summed E-state index contributed by atoms with van der Waals surface area (Å²) in [5.74, 6) is 0.205. The number of nitrogens with one attached hydrogen (secondary N) is 1. The van der Waals surface area contributed by atoms with E-state index in [9.17, 15) is 4.79 Å². The quantitative estimate of drug-likeness (QED) is 0.885. The van der Waals surface area contributed by atoms with E-state index < -0.39 is 5.54 Å². The van der Waals surface area contributed by atoms with Crippen LogP contribution in [0.25, 0.3) is 0 Å². The number of benzene rings is 1. The zero-order valence-corrected chi connectivity index (χ0v) is 12.0. The first kappa shape index (κ1) is 14.2. The molecular formula is C16H23NO2. The predicted octanol–water partition coefficient (Wildman–Crippen LogP) is 2.65. The van der Waals surface area contributed by atoms with Gasteiger partial charge in [-0.05, 0) is 37.9 Å². The van der Waals surface area contributed by atoms with Gasteiger partial charge in [-0.15, -0.1) is 0 Å². The molecule has 1 unspecified atom stereocenters. The van der Waals surface area contributed by atoms with Gasteiger partial charge < -0.3 is 10.1 Å². The molecule has 1 aliphatic rings. The number of ketones is 1. The van der Waals surface area contributed by atoms with Crippen molar-refractivity contribution in [3.8, 4) is 0 Å². The van der Waals surface area contributed by atoms with Crippen LogP contribution in [0.3, 0.4) is 0 Å². The molecule has 19 heavy (non-hydrogen) atoms. The summed E-state index contributed by atoms with van der Waals surface area (Å²) >= 11 is 0. The Kier molecular flexibility index (Phi) is 4.38. The number of carbonyl (C=O) groups is 1. The number of ether oxygens (including phenoxy) is 1. The van der Waals surface area contributed by atoms with Gasteiger partial charge in [0.15, 0.2) is 5.78 Å². The van der Waals surface area contributed by atoms with Crippen LogP contribution in [0.1, 0.15) is 44.4 Å². The summed E-state index contributed by atoms with van der Waals surface area (Å²) in [6, 6.07) is 8.27. The second-order valence-corrected chi connectivity index (χ2v) is 5.59. The fourth-order valence-electron chi connectivity index (χ4n) is 2.61. The molecule has 2 rings (SSSR count). The van der Waals surface area contributed by atoms with Crippen LogP contribution in [0.2, 0.25) is 0 Å². The van der Waals surface area contributed by atoms with E-state index in [0.717, 1.165) is 13.0 Å². The van der Waals surface area contributed by atoms with Crippen LogP contribution in [0.5, 0.6) is 0 Å². The number of rotatable bonds is 5. The van der Waals surface area contributed by atoms with Gasteiger partial charge in [-0.25, -0.2) is 0 Å². The lowest BCUT2D eigenvalue weighted by Gasteiger charge is -2.30. The number of fused-ring (bicyclic) bond motifs is 1. The molecule has 1 aromatic carbocycles. The molecule has 0 radical (unpaired) electrons. The Balaban J connectivity index is 2.11. The van der Waals surface area contributed by atoms with E-state index in [0.29, 0.717) is 13.0 Å². The third-order valence-corrected chi connectivity index (χ3v) is 3.78. The molecule has 1 N–H and O–H groups in total. The maximum Gasteiger partial charge on any atom is 0.155 e. The highest BCUT2D eigenvalue weighted by Gasteiger charge is 2.31. The molecule has 104 valence electrons. The summed E-state index contributed by atoms with van der Waals surface area (Å²) in [6.07, 6.45) is 1.30. The number of likely N-dealkylation sites (N-methyl/N-ethyl adjacent to an activating group) is 1. The average Bonchev–Trinajstić information content (AvgIpc) is 2.39. The highest BCUT2D eigenvalue weighted by molar-refractivity contribution is 5.88. The molecule has 0 saturated carbocycles. The first-order valence-electron chi connectivity index (χ1n) is 7.02. The van der Waals surface area contributed by atoms with E-state index in [1.165, 1.54) is 11.1 Å². The largest absolute Gasteiger partial charge is 0.373 e. The van der Waals surface area contributed by atoms with Crippen molar-refractivity contribution >= 4 is 5.78 Å². The molecule has 3 nitrogen and oxygen atoms in total. The Hall–Kier alpha value is -1.19. The lowest BCUT2D eigenvalue weighted by atomic mass is 9.89. The SMILES string of the molecule is CCNC(C)(C)C(=O)CC1OCCc2ccccc21. The van der Waals surface area contributed by atoms with E-state index in [-0.39, 0.29) is 11.9 Å².